The molecule has 0 bridgehead atoms. The van der Waals surface area contributed by atoms with E-state index in [1.165, 1.54) is 0 Å². The molecule has 0 amide bonds. The fraction of sp³-hybridized carbons (Fsp3) is 0.800. The Hall–Kier alpha value is -0.520. The van der Waals surface area contributed by atoms with Crippen LogP contribution in [0.15, 0.2) is 0 Å². The van der Waals surface area contributed by atoms with Gasteiger partial charge in [0.25, 0.3) is 19.7 Å². The van der Waals surface area contributed by atoms with Crippen molar-refractivity contribution in [2.75, 3.05) is 0 Å². The molecule has 0 saturated carbocycles. The van der Waals surface area contributed by atoms with Crippen molar-refractivity contribution in [1.82, 2.24) is 0 Å². The molecule has 0 aliphatic heterocycles. The Morgan fingerprint density at radius 1 is 0.824 bits per heavy atom. The minimum Gasteiger partial charge on any atom is -0.218 e. The molecule has 4 nitrogen and oxygen atoms in total. The molecule has 0 aromatic rings. The van der Waals surface area contributed by atoms with Gasteiger partial charge in [-0.25, -0.2) is 16.8 Å². The lowest BCUT2D eigenvalue weighted by molar-refractivity contribution is -0.0471. The highest BCUT2D eigenvalue weighted by molar-refractivity contribution is 8.09. The zero-order chi connectivity index (χ0) is 14.3. The van der Waals surface area contributed by atoms with Crippen LogP contribution in [-0.4, -0.2) is 32.4 Å². The maximum atomic E-state index is 11.9. The second-order valence-electron chi connectivity index (χ2n) is 2.70. The summed E-state index contributed by atoms with van der Waals surface area (Å²) in [7, 11) is -13.0. The molecular weight excluding hydrogens is 302 g/mol. The minimum absolute atomic E-state index is 1.61. The Morgan fingerprint density at radius 3 is 1.18 bits per heavy atom. The minimum atomic E-state index is -6.50. The predicted molar refractivity (Wildman–Crippen MR) is 43.7 cm³/mol. The molecule has 0 aliphatic carbocycles. The number of alkyl halides is 6. The maximum absolute atomic E-state index is 11.9. The van der Waals surface area contributed by atoms with E-state index in [9.17, 15) is 43.2 Å². The van der Waals surface area contributed by atoms with Crippen molar-refractivity contribution < 1.29 is 43.2 Å². The highest BCUT2D eigenvalue weighted by Gasteiger charge is 2.62. The van der Waals surface area contributed by atoms with Crippen LogP contribution in [0.1, 0.15) is 6.42 Å². The van der Waals surface area contributed by atoms with Gasteiger partial charge in [0, 0.05) is 0 Å². The van der Waals surface area contributed by atoms with Crippen LogP contribution in [0.3, 0.4) is 0 Å². The Morgan fingerprint density at radius 2 is 1.06 bits per heavy atom. The van der Waals surface area contributed by atoms with E-state index in [1.807, 2.05) is 0 Å². The monoisotopic (exact) mass is 307 g/mol. The lowest BCUT2D eigenvalue weighted by atomic mass is 10.6. The van der Waals surface area contributed by atoms with E-state index in [2.05, 4.69) is 6.92 Å². The first-order valence-electron chi connectivity index (χ1n) is 3.59. The van der Waals surface area contributed by atoms with Gasteiger partial charge in [0.15, 0.2) is 4.58 Å². The first-order chi connectivity index (χ1) is 7.19. The van der Waals surface area contributed by atoms with Crippen LogP contribution in [0.4, 0.5) is 26.3 Å². The van der Waals surface area contributed by atoms with Gasteiger partial charge in [0.1, 0.15) is 0 Å². The molecule has 0 spiro atoms. The lowest BCUT2D eigenvalue weighted by Gasteiger charge is -2.19. The molecule has 0 aliphatic rings. The van der Waals surface area contributed by atoms with Gasteiger partial charge in [-0.3, -0.25) is 0 Å². The molecule has 0 aromatic heterocycles. The van der Waals surface area contributed by atoms with Crippen molar-refractivity contribution in [3.05, 3.63) is 6.92 Å². The van der Waals surface area contributed by atoms with Crippen LogP contribution in [0, 0.1) is 6.92 Å². The van der Waals surface area contributed by atoms with Gasteiger partial charge in [-0.15, -0.1) is 0 Å². The SMILES string of the molecule is [CH2]CC(S(=O)(=O)C(F)(F)F)S(=O)(=O)C(F)(F)F. The van der Waals surface area contributed by atoms with Gasteiger partial charge in [0.2, 0.25) is 0 Å². The molecular formula is C5H5F6O4S2. The number of sulfone groups is 2. The molecule has 103 valence electrons. The maximum Gasteiger partial charge on any atom is 0.498 e. The summed E-state index contributed by atoms with van der Waals surface area (Å²) in [4.78, 5) is 0. The second-order valence-corrected chi connectivity index (χ2v) is 7.24. The van der Waals surface area contributed by atoms with Crippen molar-refractivity contribution in [1.29, 1.82) is 0 Å². The third kappa shape index (κ3) is 2.84. The standard InChI is InChI=1S/C5H5F6O4S2/c1-2-3(16(12,13)4(6,7)8)17(14,15)5(9,10)11/h3H,1-2H2. The van der Waals surface area contributed by atoms with Gasteiger partial charge in [-0.05, 0) is 6.42 Å². The van der Waals surface area contributed by atoms with Gasteiger partial charge in [0.05, 0.1) is 0 Å². The third-order valence-electron chi connectivity index (χ3n) is 1.57. The van der Waals surface area contributed by atoms with Crippen LogP contribution >= 0.6 is 0 Å². The lowest BCUT2D eigenvalue weighted by Crippen LogP contribution is -2.44. The normalized spacial score (nSPS) is 15.3. The van der Waals surface area contributed by atoms with E-state index in [4.69, 9.17) is 0 Å². The summed E-state index contributed by atoms with van der Waals surface area (Å²) in [5.74, 6) is 0. The first-order valence-corrected chi connectivity index (χ1v) is 6.68. The Kier molecular flexibility index (Phi) is 4.17. The molecule has 0 N–H and O–H groups in total. The van der Waals surface area contributed by atoms with E-state index in [0.29, 0.717) is 0 Å². The van der Waals surface area contributed by atoms with E-state index in [1.54, 1.807) is 0 Å². The van der Waals surface area contributed by atoms with Crippen LogP contribution in [0.25, 0.3) is 0 Å². The Bertz CT molecular complexity index is 426. The fourth-order valence-electron chi connectivity index (χ4n) is 0.775. The Balaban J connectivity index is 5.90. The molecule has 1 radical (unpaired) electrons. The smallest absolute Gasteiger partial charge is 0.218 e. The third-order valence-corrected chi connectivity index (χ3v) is 6.24. The van der Waals surface area contributed by atoms with Gasteiger partial charge in [-0.1, -0.05) is 6.92 Å². The molecule has 17 heavy (non-hydrogen) atoms. The summed E-state index contributed by atoms with van der Waals surface area (Å²) in [5.41, 5.74) is -12.2. The summed E-state index contributed by atoms with van der Waals surface area (Å²) in [6, 6.07) is 0. The van der Waals surface area contributed by atoms with Crippen LogP contribution in [-0.2, 0) is 19.7 Å². The van der Waals surface area contributed by atoms with E-state index < -0.39 is 41.7 Å². The quantitative estimate of drug-likeness (QED) is 0.739. The number of halogens is 6. The second kappa shape index (κ2) is 4.30. The van der Waals surface area contributed by atoms with Crippen molar-refractivity contribution in [2.24, 2.45) is 0 Å². The highest BCUT2D eigenvalue weighted by Crippen LogP contribution is 2.37. The highest BCUT2D eigenvalue weighted by atomic mass is 32.3. The Labute approximate surface area is 92.4 Å². The average molecular weight is 307 g/mol. The van der Waals surface area contributed by atoms with Crippen molar-refractivity contribution >= 4 is 19.7 Å². The molecule has 12 heteroatoms. The topological polar surface area (TPSA) is 68.3 Å². The number of hydrogen-bond donors (Lipinski definition) is 0. The zero-order valence-electron chi connectivity index (χ0n) is 7.71. The molecule has 0 unspecified atom stereocenters. The van der Waals surface area contributed by atoms with Crippen LogP contribution in [0.5, 0.6) is 0 Å². The largest absolute Gasteiger partial charge is 0.498 e. The van der Waals surface area contributed by atoms with E-state index in [0.717, 1.165) is 0 Å². The molecule has 0 rings (SSSR count). The van der Waals surface area contributed by atoms with Crippen molar-refractivity contribution in [3.8, 4) is 0 Å². The first kappa shape index (κ1) is 16.5. The summed E-state index contributed by atoms with van der Waals surface area (Å²) in [5, 5.41) is 0. The van der Waals surface area contributed by atoms with Gasteiger partial charge in [-0.2, -0.15) is 26.3 Å². The summed E-state index contributed by atoms with van der Waals surface area (Å²) < 4.78 is 110. The van der Waals surface area contributed by atoms with Crippen molar-refractivity contribution in [2.45, 2.75) is 22.0 Å². The number of hydrogen-bond acceptors (Lipinski definition) is 4. The van der Waals surface area contributed by atoms with Crippen LogP contribution in [0.2, 0.25) is 0 Å². The number of rotatable bonds is 3. The molecule has 0 saturated heterocycles. The van der Waals surface area contributed by atoms with Gasteiger partial charge < -0.3 is 0 Å². The zero-order valence-corrected chi connectivity index (χ0v) is 9.34. The average Bonchev–Trinajstić information content (AvgIpc) is 1.99. The van der Waals surface area contributed by atoms with Crippen LogP contribution < -0.4 is 0 Å². The molecule has 0 aromatic carbocycles. The molecule has 0 heterocycles. The van der Waals surface area contributed by atoms with Gasteiger partial charge >= 0.3 is 11.0 Å². The summed E-state index contributed by atoms with van der Waals surface area (Å²) >= 11 is 0. The molecule has 0 atom stereocenters. The van der Waals surface area contributed by atoms with E-state index in [-0.39, 0.29) is 0 Å². The summed E-state index contributed by atoms with van der Waals surface area (Å²) in [6.45, 7) is 2.49. The fourth-order valence-corrected chi connectivity index (χ4v) is 3.98. The van der Waals surface area contributed by atoms with Crippen molar-refractivity contribution in [3.63, 3.8) is 0 Å². The predicted octanol–water partition coefficient (Wildman–Crippen LogP) is 1.41. The van der Waals surface area contributed by atoms with E-state index >= 15 is 0 Å². The summed E-state index contributed by atoms with van der Waals surface area (Å²) in [6.07, 6.45) is -1.61. The molecule has 0 fully saturated rings.